The molecule has 5 nitrogen and oxygen atoms in total. The number of amides is 1. The predicted molar refractivity (Wildman–Crippen MR) is 103 cm³/mol. The molecule has 0 spiro atoms. The Kier molecular flexibility index (Phi) is 4.14. The van der Waals surface area contributed by atoms with E-state index >= 15 is 0 Å². The maximum Gasteiger partial charge on any atom is 0.274 e. The van der Waals surface area contributed by atoms with E-state index < -0.39 is 0 Å². The average molecular weight is 363 g/mol. The molecule has 0 unspecified atom stereocenters. The first-order valence-corrected chi connectivity index (χ1v) is 8.46. The fourth-order valence-corrected chi connectivity index (χ4v) is 2.88. The molecule has 0 aliphatic heterocycles. The zero-order chi connectivity index (χ0) is 18.1. The number of aromatic nitrogens is 3. The van der Waals surface area contributed by atoms with Crippen molar-refractivity contribution in [3.63, 3.8) is 0 Å². The van der Waals surface area contributed by atoms with Gasteiger partial charge in [0.15, 0.2) is 5.65 Å². The molecule has 128 valence electrons. The van der Waals surface area contributed by atoms with Crippen molar-refractivity contribution in [2.75, 3.05) is 5.32 Å². The minimum Gasteiger partial charge on any atom is -0.321 e. The molecule has 0 bridgehead atoms. The molecule has 0 saturated carbocycles. The molecule has 0 aliphatic rings. The number of benzene rings is 2. The number of rotatable bonds is 3. The quantitative estimate of drug-likeness (QED) is 0.579. The molecule has 26 heavy (non-hydrogen) atoms. The van der Waals surface area contributed by atoms with Crippen LogP contribution in [0.15, 0.2) is 67.0 Å². The number of nitrogens with one attached hydrogen (secondary N) is 1. The lowest BCUT2D eigenvalue weighted by Gasteiger charge is -2.06. The number of fused-ring (bicyclic) bond motifs is 1. The van der Waals surface area contributed by atoms with Crippen LogP contribution in [0.1, 0.15) is 16.1 Å². The van der Waals surface area contributed by atoms with Crippen molar-refractivity contribution in [2.24, 2.45) is 0 Å². The van der Waals surface area contributed by atoms with Crippen LogP contribution in [0, 0.1) is 6.92 Å². The Morgan fingerprint density at radius 1 is 1.12 bits per heavy atom. The van der Waals surface area contributed by atoms with E-state index in [1.54, 1.807) is 23.0 Å². The van der Waals surface area contributed by atoms with Gasteiger partial charge in [0.1, 0.15) is 5.69 Å². The fraction of sp³-hybridized carbons (Fsp3) is 0.0500. The first kappa shape index (κ1) is 16.3. The third kappa shape index (κ3) is 3.17. The molecule has 2 aromatic carbocycles. The van der Waals surface area contributed by atoms with Crippen molar-refractivity contribution >= 4 is 28.8 Å². The van der Waals surface area contributed by atoms with Gasteiger partial charge in [-0.15, -0.1) is 0 Å². The van der Waals surface area contributed by atoms with Crippen LogP contribution >= 0.6 is 11.6 Å². The SMILES string of the molecule is Cc1ccc(NC(=O)c2ccn3ncc(-c4cccc(Cl)c4)c3n2)cc1. The molecular weight excluding hydrogens is 348 g/mol. The number of hydrogen-bond acceptors (Lipinski definition) is 3. The minimum atomic E-state index is -0.269. The summed E-state index contributed by atoms with van der Waals surface area (Å²) < 4.78 is 1.64. The van der Waals surface area contributed by atoms with Crippen molar-refractivity contribution < 1.29 is 4.79 Å². The minimum absolute atomic E-state index is 0.269. The van der Waals surface area contributed by atoms with Gasteiger partial charge < -0.3 is 5.32 Å². The third-order valence-electron chi connectivity index (χ3n) is 4.05. The normalized spacial score (nSPS) is 10.8. The highest BCUT2D eigenvalue weighted by atomic mass is 35.5. The van der Waals surface area contributed by atoms with Crippen molar-refractivity contribution in [3.8, 4) is 11.1 Å². The van der Waals surface area contributed by atoms with E-state index in [2.05, 4.69) is 15.4 Å². The molecular formula is C20H15ClN4O. The summed E-state index contributed by atoms with van der Waals surface area (Å²) in [6, 6.07) is 16.7. The Labute approximate surface area is 155 Å². The first-order valence-electron chi connectivity index (χ1n) is 8.08. The number of aryl methyl sites for hydroxylation is 1. The summed E-state index contributed by atoms with van der Waals surface area (Å²) in [6.07, 6.45) is 3.44. The van der Waals surface area contributed by atoms with Crippen molar-refractivity contribution in [3.05, 3.63) is 83.3 Å². The zero-order valence-corrected chi connectivity index (χ0v) is 14.7. The topological polar surface area (TPSA) is 59.3 Å². The lowest BCUT2D eigenvalue weighted by molar-refractivity contribution is 0.102. The van der Waals surface area contributed by atoms with Gasteiger partial charge in [-0.3, -0.25) is 4.79 Å². The highest BCUT2D eigenvalue weighted by Crippen LogP contribution is 2.26. The second-order valence-electron chi connectivity index (χ2n) is 5.97. The Morgan fingerprint density at radius 3 is 2.69 bits per heavy atom. The van der Waals surface area contributed by atoms with Gasteiger partial charge in [-0.25, -0.2) is 9.50 Å². The second kappa shape index (κ2) is 6.61. The van der Waals surface area contributed by atoms with Crippen LogP contribution in [-0.2, 0) is 0 Å². The largest absolute Gasteiger partial charge is 0.321 e. The number of halogens is 1. The lowest BCUT2D eigenvalue weighted by atomic mass is 10.1. The fourth-order valence-electron chi connectivity index (χ4n) is 2.69. The Morgan fingerprint density at radius 2 is 1.92 bits per heavy atom. The highest BCUT2D eigenvalue weighted by Gasteiger charge is 2.13. The van der Waals surface area contributed by atoms with E-state index in [9.17, 15) is 4.79 Å². The molecule has 6 heteroatoms. The summed E-state index contributed by atoms with van der Waals surface area (Å²) in [5.41, 5.74) is 4.50. The molecule has 0 saturated heterocycles. The van der Waals surface area contributed by atoms with E-state index in [4.69, 9.17) is 11.6 Å². The molecule has 0 aliphatic carbocycles. The summed E-state index contributed by atoms with van der Waals surface area (Å²) >= 11 is 6.08. The maximum absolute atomic E-state index is 12.5. The zero-order valence-electron chi connectivity index (χ0n) is 14.0. The molecule has 2 aromatic heterocycles. The summed E-state index contributed by atoms with van der Waals surface area (Å²) in [5.74, 6) is -0.269. The first-order chi connectivity index (χ1) is 12.6. The Hall–Kier alpha value is -3.18. The highest BCUT2D eigenvalue weighted by molar-refractivity contribution is 6.30. The summed E-state index contributed by atoms with van der Waals surface area (Å²) in [6.45, 7) is 2.00. The molecule has 0 atom stereocenters. The molecule has 2 heterocycles. The van der Waals surface area contributed by atoms with Gasteiger partial charge in [-0.1, -0.05) is 41.4 Å². The van der Waals surface area contributed by atoms with E-state index in [1.807, 2.05) is 55.5 Å². The van der Waals surface area contributed by atoms with Crippen LogP contribution in [0.3, 0.4) is 0 Å². The molecule has 0 radical (unpaired) electrons. The Bertz CT molecular complexity index is 1100. The van der Waals surface area contributed by atoms with Crippen LogP contribution in [0.2, 0.25) is 5.02 Å². The van der Waals surface area contributed by atoms with Crippen LogP contribution in [0.4, 0.5) is 5.69 Å². The summed E-state index contributed by atoms with van der Waals surface area (Å²) in [5, 5.41) is 7.79. The van der Waals surface area contributed by atoms with Crippen LogP contribution in [-0.4, -0.2) is 20.5 Å². The summed E-state index contributed by atoms with van der Waals surface area (Å²) in [7, 11) is 0. The molecule has 1 amide bonds. The standard InChI is InChI=1S/C20H15ClN4O/c1-13-5-7-16(8-6-13)23-20(26)18-9-10-25-19(24-18)17(12-22-25)14-3-2-4-15(21)11-14/h2-12H,1H3,(H,23,26). The molecule has 0 fully saturated rings. The number of anilines is 1. The maximum atomic E-state index is 12.5. The number of carbonyl (C=O) groups excluding carboxylic acids is 1. The Balaban J connectivity index is 1.69. The van der Waals surface area contributed by atoms with Gasteiger partial charge in [0.05, 0.1) is 6.20 Å². The van der Waals surface area contributed by atoms with E-state index in [-0.39, 0.29) is 5.91 Å². The van der Waals surface area contributed by atoms with Crippen molar-refractivity contribution in [1.29, 1.82) is 0 Å². The van der Waals surface area contributed by atoms with E-state index in [0.29, 0.717) is 16.4 Å². The number of hydrogen-bond donors (Lipinski definition) is 1. The molecule has 4 aromatic rings. The monoisotopic (exact) mass is 362 g/mol. The van der Waals surface area contributed by atoms with Crippen LogP contribution in [0.5, 0.6) is 0 Å². The third-order valence-corrected chi connectivity index (χ3v) is 4.28. The van der Waals surface area contributed by atoms with Gasteiger partial charge in [-0.2, -0.15) is 5.10 Å². The number of carbonyl (C=O) groups is 1. The van der Waals surface area contributed by atoms with Gasteiger partial charge in [0.2, 0.25) is 0 Å². The lowest BCUT2D eigenvalue weighted by Crippen LogP contribution is -2.14. The van der Waals surface area contributed by atoms with Crippen molar-refractivity contribution in [1.82, 2.24) is 14.6 Å². The van der Waals surface area contributed by atoms with E-state index in [1.165, 1.54) is 0 Å². The average Bonchev–Trinajstić information content (AvgIpc) is 3.07. The van der Waals surface area contributed by atoms with Gasteiger partial charge in [0.25, 0.3) is 5.91 Å². The van der Waals surface area contributed by atoms with Gasteiger partial charge in [0, 0.05) is 22.5 Å². The van der Waals surface area contributed by atoms with Crippen molar-refractivity contribution in [2.45, 2.75) is 6.92 Å². The van der Waals surface area contributed by atoms with Crippen LogP contribution in [0.25, 0.3) is 16.8 Å². The second-order valence-corrected chi connectivity index (χ2v) is 6.41. The molecule has 1 N–H and O–H groups in total. The number of nitrogens with zero attached hydrogens (tertiary/aromatic N) is 3. The van der Waals surface area contributed by atoms with Gasteiger partial charge in [-0.05, 0) is 42.8 Å². The summed E-state index contributed by atoms with van der Waals surface area (Å²) in [4.78, 5) is 17.0. The molecule has 4 rings (SSSR count). The van der Waals surface area contributed by atoms with Crippen LogP contribution < -0.4 is 5.32 Å². The van der Waals surface area contributed by atoms with E-state index in [0.717, 1.165) is 22.4 Å². The van der Waals surface area contributed by atoms with Gasteiger partial charge >= 0.3 is 0 Å². The predicted octanol–water partition coefficient (Wildman–Crippen LogP) is 4.61. The smallest absolute Gasteiger partial charge is 0.274 e.